The Kier molecular flexibility index (Phi) is 6.06. The lowest BCUT2D eigenvalue weighted by atomic mass is 9.97. The van der Waals surface area contributed by atoms with Crippen molar-refractivity contribution in [2.45, 2.75) is 51.6 Å². The fourth-order valence-electron chi connectivity index (χ4n) is 4.06. The third kappa shape index (κ3) is 4.35. The summed E-state index contributed by atoms with van der Waals surface area (Å²) in [5.41, 5.74) is 4.95. The van der Waals surface area contributed by atoms with Crippen molar-refractivity contribution in [3.63, 3.8) is 0 Å². The molecule has 0 saturated heterocycles. The van der Waals surface area contributed by atoms with E-state index in [2.05, 4.69) is 71.6 Å². The van der Waals surface area contributed by atoms with E-state index in [1.807, 2.05) is 0 Å². The molecule has 5 nitrogen and oxygen atoms in total. The zero-order valence-corrected chi connectivity index (χ0v) is 18.7. The normalized spacial score (nSPS) is 18.4. The van der Waals surface area contributed by atoms with E-state index in [0.29, 0.717) is 18.0 Å². The van der Waals surface area contributed by atoms with Gasteiger partial charge in [-0.25, -0.2) is 0 Å². The molecule has 1 saturated carbocycles. The highest BCUT2D eigenvalue weighted by molar-refractivity contribution is 7.10. The molecule has 0 spiro atoms. The van der Waals surface area contributed by atoms with E-state index in [1.54, 1.807) is 0 Å². The van der Waals surface area contributed by atoms with Gasteiger partial charge in [-0.2, -0.15) is 0 Å². The van der Waals surface area contributed by atoms with Crippen LogP contribution in [0.1, 0.15) is 60.5 Å². The lowest BCUT2D eigenvalue weighted by molar-refractivity contribution is 0.0988. The van der Waals surface area contributed by atoms with Gasteiger partial charge < -0.3 is 9.80 Å². The second-order valence-electron chi connectivity index (χ2n) is 8.39. The van der Waals surface area contributed by atoms with E-state index in [0.717, 1.165) is 42.9 Å². The first-order chi connectivity index (χ1) is 14.5. The number of Topliss-reactive ketones (excluding diaryl/α,β-unsaturated/α-hetero) is 1. The molecule has 6 heteroatoms. The first-order valence-corrected chi connectivity index (χ1v) is 11.5. The maximum atomic E-state index is 12.6. The average Bonchev–Trinajstić information content (AvgIpc) is 3.47. The highest BCUT2D eigenvalue weighted by Gasteiger charge is 2.39. The van der Waals surface area contributed by atoms with Crippen molar-refractivity contribution < 1.29 is 4.79 Å². The maximum Gasteiger partial charge on any atom is 0.271 e. The third-order valence-electron chi connectivity index (χ3n) is 5.57. The summed E-state index contributed by atoms with van der Waals surface area (Å²) < 4.78 is 2.75. The molecule has 2 heterocycles. The molecule has 1 N–H and O–H groups in total. The molecule has 158 valence electrons. The third-order valence-corrected chi connectivity index (χ3v) is 6.46. The number of nitrogens with one attached hydrogen (secondary N) is 1. The van der Waals surface area contributed by atoms with Gasteiger partial charge in [0, 0.05) is 18.3 Å². The summed E-state index contributed by atoms with van der Waals surface area (Å²) in [4.78, 5) is 29.1. The van der Waals surface area contributed by atoms with Crippen molar-refractivity contribution in [3.05, 3.63) is 69.2 Å². The molecule has 0 atom stereocenters. The summed E-state index contributed by atoms with van der Waals surface area (Å²) in [6.45, 7) is 3.08. The molecule has 1 aliphatic carbocycles. The lowest BCUT2D eigenvalue weighted by Gasteiger charge is -2.30. The number of ketones is 1. The number of fused-ring (bicyclic) bond motifs is 1. The smallest absolute Gasteiger partial charge is 0.271 e. The van der Waals surface area contributed by atoms with E-state index >= 15 is 0 Å². The Morgan fingerprint density at radius 2 is 1.97 bits per heavy atom. The van der Waals surface area contributed by atoms with E-state index in [9.17, 15) is 9.59 Å². The number of hydrogen-bond acceptors (Lipinski definition) is 5. The SMILES string of the molecule is CC/C=C(\C/C=C1\CC(=O)c2c(s[nH]c2=O)N1C1CC1)c1ccc(CN(C)C)cc1. The van der Waals surface area contributed by atoms with Crippen LogP contribution in [0, 0.1) is 0 Å². The lowest BCUT2D eigenvalue weighted by Crippen LogP contribution is -2.33. The number of carbonyl (C=O) groups excluding carboxylic acids is 1. The van der Waals surface area contributed by atoms with Crippen LogP contribution in [0.3, 0.4) is 0 Å². The number of nitrogens with zero attached hydrogens (tertiary/aromatic N) is 2. The minimum atomic E-state index is -0.242. The van der Waals surface area contributed by atoms with Crippen molar-refractivity contribution in [2.24, 2.45) is 0 Å². The summed E-state index contributed by atoms with van der Waals surface area (Å²) in [5.74, 6) is -0.0651. The van der Waals surface area contributed by atoms with E-state index in [1.165, 1.54) is 28.2 Å². The van der Waals surface area contributed by atoms with Crippen molar-refractivity contribution in [1.82, 2.24) is 9.27 Å². The molecular weight excluding hydrogens is 394 g/mol. The topological polar surface area (TPSA) is 56.4 Å². The standard InChI is InChI=1S/C24H29N3O2S/c1-4-5-17(18-8-6-16(7-9-18)15-26(2)3)10-11-20-14-21(28)22-23(29)25-30-24(22)27(20)19-12-13-19/h5-9,11,19H,4,10,12-15H2,1-3H3,(H,25,29)/b17-5+,20-11+. The molecule has 4 rings (SSSR count). The van der Waals surface area contributed by atoms with Gasteiger partial charge in [0.2, 0.25) is 0 Å². The predicted octanol–water partition coefficient (Wildman–Crippen LogP) is 4.82. The molecule has 0 amide bonds. The Hall–Kier alpha value is -2.44. The Morgan fingerprint density at radius 1 is 1.23 bits per heavy atom. The molecule has 2 aromatic rings. The van der Waals surface area contributed by atoms with Crippen molar-refractivity contribution in [1.29, 1.82) is 0 Å². The quantitative estimate of drug-likeness (QED) is 0.694. The van der Waals surface area contributed by atoms with E-state index < -0.39 is 0 Å². The maximum absolute atomic E-state index is 12.6. The molecule has 1 aromatic heterocycles. The summed E-state index contributed by atoms with van der Waals surface area (Å²) in [5, 5.41) is 0.805. The fourth-order valence-corrected chi connectivity index (χ4v) is 5.03. The summed E-state index contributed by atoms with van der Waals surface area (Å²) in [6, 6.07) is 9.18. The fraction of sp³-hybridized carbons (Fsp3) is 0.417. The Morgan fingerprint density at radius 3 is 2.60 bits per heavy atom. The van der Waals surface area contributed by atoms with Crippen LogP contribution in [-0.4, -0.2) is 35.2 Å². The van der Waals surface area contributed by atoms with Gasteiger partial charge in [0.05, 0.1) is 6.42 Å². The summed E-state index contributed by atoms with van der Waals surface area (Å²) >= 11 is 1.29. The van der Waals surface area contributed by atoms with Gasteiger partial charge in [0.15, 0.2) is 5.78 Å². The number of rotatable bonds is 7. The van der Waals surface area contributed by atoms with Crippen molar-refractivity contribution in [3.8, 4) is 0 Å². The first kappa shape index (κ1) is 20.8. The van der Waals surface area contributed by atoms with Crippen LogP contribution in [0.2, 0.25) is 0 Å². The van der Waals surface area contributed by atoms with Crippen LogP contribution in [0.25, 0.3) is 5.57 Å². The van der Waals surface area contributed by atoms with Crippen LogP contribution in [-0.2, 0) is 6.54 Å². The highest BCUT2D eigenvalue weighted by Crippen LogP contribution is 2.42. The van der Waals surface area contributed by atoms with Crippen LogP contribution in [0.4, 0.5) is 5.00 Å². The minimum Gasteiger partial charge on any atom is -0.332 e. The molecular formula is C24H29N3O2S. The van der Waals surface area contributed by atoms with Gasteiger partial charge in [-0.05, 0) is 68.0 Å². The molecule has 1 aliphatic heterocycles. The zero-order chi connectivity index (χ0) is 21.3. The molecule has 2 aliphatic rings. The molecule has 1 fully saturated rings. The van der Waals surface area contributed by atoms with Crippen LogP contribution in [0.5, 0.6) is 0 Å². The minimum absolute atomic E-state index is 0.0651. The number of aromatic amines is 1. The molecule has 0 bridgehead atoms. The van der Waals surface area contributed by atoms with Gasteiger partial charge in [-0.1, -0.05) is 43.3 Å². The number of aromatic nitrogens is 1. The van der Waals surface area contributed by atoms with Crippen LogP contribution in [0.15, 0.2) is 46.9 Å². The number of anilines is 1. The number of hydrogen-bond donors (Lipinski definition) is 1. The Bertz CT molecular complexity index is 1040. The Balaban J connectivity index is 1.59. The average molecular weight is 424 g/mol. The molecule has 30 heavy (non-hydrogen) atoms. The predicted molar refractivity (Wildman–Crippen MR) is 124 cm³/mol. The second kappa shape index (κ2) is 8.74. The summed E-state index contributed by atoms with van der Waals surface area (Å²) in [6.07, 6.45) is 8.74. The number of H-pyrrole nitrogens is 1. The first-order valence-electron chi connectivity index (χ1n) is 10.6. The van der Waals surface area contributed by atoms with Crippen molar-refractivity contribution >= 4 is 27.9 Å². The number of carbonyl (C=O) groups is 1. The zero-order valence-electron chi connectivity index (χ0n) is 17.9. The van der Waals surface area contributed by atoms with Crippen LogP contribution < -0.4 is 10.5 Å². The highest BCUT2D eigenvalue weighted by atomic mass is 32.1. The molecule has 0 unspecified atom stereocenters. The number of benzene rings is 1. The van der Waals surface area contributed by atoms with E-state index in [4.69, 9.17) is 0 Å². The molecule has 1 aromatic carbocycles. The molecule has 0 radical (unpaired) electrons. The monoisotopic (exact) mass is 423 g/mol. The van der Waals surface area contributed by atoms with Gasteiger partial charge in [0.25, 0.3) is 5.56 Å². The van der Waals surface area contributed by atoms with Gasteiger partial charge in [-0.3, -0.25) is 14.0 Å². The Labute approximate surface area is 181 Å². The second-order valence-corrected chi connectivity index (χ2v) is 9.18. The van der Waals surface area contributed by atoms with Crippen molar-refractivity contribution in [2.75, 3.05) is 19.0 Å². The van der Waals surface area contributed by atoms with E-state index in [-0.39, 0.29) is 11.3 Å². The van der Waals surface area contributed by atoms with Gasteiger partial charge in [-0.15, -0.1) is 0 Å². The summed E-state index contributed by atoms with van der Waals surface area (Å²) in [7, 11) is 4.15. The van der Waals surface area contributed by atoms with Gasteiger partial charge >= 0.3 is 0 Å². The number of allylic oxidation sites excluding steroid dienone is 4. The largest absolute Gasteiger partial charge is 0.332 e. The van der Waals surface area contributed by atoms with Crippen LogP contribution >= 0.6 is 11.5 Å². The van der Waals surface area contributed by atoms with Gasteiger partial charge in [0.1, 0.15) is 10.6 Å².